The van der Waals surface area contributed by atoms with Crippen molar-refractivity contribution in [3.8, 4) is 5.75 Å². The molecule has 0 aliphatic carbocycles. The van der Waals surface area contributed by atoms with E-state index in [4.69, 9.17) is 10.5 Å². The van der Waals surface area contributed by atoms with Gasteiger partial charge in [0.25, 0.3) is 0 Å². The predicted molar refractivity (Wildman–Crippen MR) is 91.7 cm³/mol. The number of nitrogens with two attached hydrogens (primary N) is 1. The third-order valence-electron chi connectivity index (χ3n) is 3.32. The molecule has 6 heteroatoms. The summed E-state index contributed by atoms with van der Waals surface area (Å²) in [6, 6.07) is 13.5. The highest BCUT2D eigenvalue weighted by molar-refractivity contribution is 7.89. The summed E-state index contributed by atoms with van der Waals surface area (Å²) in [6.45, 7) is 2.97. The third-order valence-corrected chi connectivity index (χ3v) is 4.74. The largest absolute Gasteiger partial charge is 0.494 e. The molecule has 0 atom stereocenters. The van der Waals surface area contributed by atoms with Crippen molar-refractivity contribution < 1.29 is 13.2 Å². The van der Waals surface area contributed by atoms with E-state index in [0.717, 1.165) is 24.2 Å². The summed E-state index contributed by atoms with van der Waals surface area (Å²) in [5, 5.41) is 0. The summed E-state index contributed by atoms with van der Waals surface area (Å²) < 4.78 is 32.7. The first-order chi connectivity index (χ1) is 11.0. The van der Waals surface area contributed by atoms with Gasteiger partial charge in [0.2, 0.25) is 10.0 Å². The van der Waals surface area contributed by atoms with Gasteiger partial charge in [0.1, 0.15) is 5.75 Å². The zero-order chi connectivity index (χ0) is 16.7. The van der Waals surface area contributed by atoms with E-state index >= 15 is 0 Å². The molecule has 23 heavy (non-hydrogen) atoms. The van der Waals surface area contributed by atoms with E-state index in [1.165, 1.54) is 12.1 Å². The number of hydrogen-bond donors (Lipinski definition) is 2. The minimum absolute atomic E-state index is 0.196. The molecular weight excluding hydrogens is 312 g/mol. The maximum Gasteiger partial charge on any atom is 0.240 e. The molecular formula is C17H22N2O3S. The molecule has 2 aromatic carbocycles. The van der Waals surface area contributed by atoms with Crippen LogP contribution in [0.4, 0.5) is 5.69 Å². The normalized spacial score (nSPS) is 11.3. The Balaban J connectivity index is 1.99. The van der Waals surface area contributed by atoms with Crippen molar-refractivity contribution in [2.24, 2.45) is 0 Å². The van der Waals surface area contributed by atoms with Gasteiger partial charge in [0.05, 0.1) is 11.5 Å². The van der Waals surface area contributed by atoms with Gasteiger partial charge in [-0.3, -0.25) is 0 Å². The Kier molecular flexibility index (Phi) is 6.01. The van der Waals surface area contributed by atoms with Gasteiger partial charge in [-0.2, -0.15) is 0 Å². The Bertz CT molecular complexity index is 728. The molecule has 0 bridgehead atoms. The molecule has 0 saturated heterocycles. The Hall–Kier alpha value is -2.05. The Morgan fingerprint density at radius 1 is 1.13 bits per heavy atom. The minimum Gasteiger partial charge on any atom is -0.494 e. The van der Waals surface area contributed by atoms with Crippen molar-refractivity contribution in [1.29, 1.82) is 0 Å². The number of unbranched alkanes of at least 4 members (excludes halogenated alkanes) is 1. The van der Waals surface area contributed by atoms with Crippen LogP contribution >= 0.6 is 0 Å². The van der Waals surface area contributed by atoms with Crippen LogP contribution in [0.1, 0.15) is 25.3 Å². The summed E-state index contributed by atoms with van der Waals surface area (Å²) in [7, 11) is -3.56. The number of sulfonamides is 1. The van der Waals surface area contributed by atoms with Crippen LogP contribution in [-0.2, 0) is 16.6 Å². The van der Waals surface area contributed by atoms with Crippen LogP contribution < -0.4 is 15.2 Å². The number of nitrogen functional groups attached to an aromatic ring is 1. The fourth-order valence-electron chi connectivity index (χ4n) is 1.99. The average Bonchev–Trinajstić information content (AvgIpc) is 2.54. The molecule has 0 radical (unpaired) electrons. The van der Waals surface area contributed by atoms with Crippen LogP contribution in [0.15, 0.2) is 53.4 Å². The molecule has 0 spiro atoms. The van der Waals surface area contributed by atoms with Gasteiger partial charge >= 0.3 is 0 Å². The summed E-state index contributed by atoms with van der Waals surface area (Å²) in [6.07, 6.45) is 2.06. The summed E-state index contributed by atoms with van der Waals surface area (Å²) in [4.78, 5) is 0.196. The average molecular weight is 334 g/mol. The van der Waals surface area contributed by atoms with Crippen molar-refractivity contribution in [2.75, 3.05) is 12.3 Å². The second-order valence-electron chi connectivity index (χ2n) is 5.24. The van der Waals surface area contributed by atoms with Crippen LogP contribution in [0.3, 0.4) is 0 Å². The van der Waals surface area contributed by atoms with E-state index in [-0.39, 0.29) is 11.4 Å². The molecule has 0 unspecified atom stereocenters. The van der Waals surface area contributed by atoms with Gasteiger partial charge in [0, 0.05) is 12.2 Å². The maximum absolute atomic E-state index is 12.2. The van der Waals surface area contributed by atoms with E-state index in [1.54, 1.807) is 12.1 Å². The third kappa shape index (κ3) is 5.26. The summed E-state index contributed by atoms with van der Waals surface area (Å²) in [5.74, 6) is 0.752. The van der Waals surface area contributed by atoms with Crippen molar-refractivity contribution in [1.82, 2.24) is 4.72 Å². The van der Waals surface area contributed by atoms with Gasteiger partial charge in [-0.1, -0.05) is 25.5 Å². The Morgan fingerprint density at radius 2 is 1.87 bits per heavy atom. The topological polar surface area (TPSA) is 81.4 Å². The van der Waals surface area contributed by atoms with Crippen LogP contribution in [0, 0.1) is 0 Å². The number of nitrogens with one attached hydrogen (secondary N) is 1. The van der Waals surface area contributed by atoms with Gasteiger partial charge in [-0.25, -0.2) is 13.1 Å². The first-order valence-electron chi connectivity index (χ1n) is 7.58. The lowest BCUT2D eigenvalue weighted by Gasteiger charge is -2.09. The van der Waals surface area contributed by atoms with Crippen molar-refractivity contribution in [3.05, 3.63) is 54.1 Å². The van der Waals surface area contributed by atoms with Crippen molar-refractivity contribution in [2.45, 2.75) is 31.2 Å². The van der Waals surface area contributed by atoms with E-state index in [0.29, 0.717) is 12.3 Å². The number of anilines is 1. The Labute approximate surface area is 137 Å². The highest BCUT2D eigenvalue weighted by atomic mass is 32.2. The van der Waals surface area contributed by atoms with Crippen LogP contribution in [0.2, 0.25) is 0 Å². The minimum atomic E-state index is -3.56. The first kappa shape index (κ1) is 17.3. The van der Waals surface area contributed by atoms with Crippen molar-refractivity contribution in [3.63, 3.8) is 0 Å². The molecule has 2 rings (SSSR count). The smallest absolute Gasteiger partial charge is 0.240 e. The van der Waals surface area contributed by atoms with Crippen LogP contribution in [0.5, 0.6) is 5.75 Å². The first-order valence-corrected chi connectivity index (χ1v) is 9.06. The summed E-state index contributed by atoms with van der Waals surface area (Å²) in [5.41, 5.74) is 6.95. The molecule has 3 N–H and O–H groups in total. The molecule has 0 aliphatic rings. The number of ether oxygens (including phenoxy) is 1. The number of hydrogen-bond acceptors (Lipinski definition) is 4. The molecule has 0 aromatic heterocycles. The molecule has 0 saturated carbocycles. The summed E-state index contributed by atoms with van der Waals surface area (Å²) >= 11 is 0. The highest BCUT2D eigenvalue weighted by Gasteiger charge is 2.13. The van der Waals surface area contributed by atoms with Crippen molar-refractivity contribution >= 4 is 15.7 Å². The van der Waals surface area contributed by atoms with E-state index in [9.17, 15) is 8.42 Å². The van der Waals surface area contributed by atoms with Gasteiger partial charge in [-0.05, 0) is 48.4 Å². The zero-order valence-electron chi connectivity index (χ0n) is 13.2. The molecule has 5 nitrogen and oxygen atoms in total. The SMILES string of the molecule is CCCCOc1cccc(CNS(=O)(=O)c2ccc(N)cc2)c1. The molecule has 124 valence electrons. The molecule has 0 aliphatic heterocycles. The fraction of sp³-hybridized carbons (Fsp3) is 0.294. The quantitative estimate of drug-likeness (QED) is 0.574. The van der Waals surface area contributed by atoms with E-state index < -0.39 is 10.0 Å². The zero-order valence-corrected chi connectivity index (χ0v) is 14.0. The van der Waals surface area contributed by atoms with E-state index in [1.807, 2.05) is 24.3 Å². The van der Waals surface area contributed by atoms with Gasteiger partial charge in [-0.15, -0.1) is 0 Å². The standard InChI is InChI=1S/C17H22N2O3S/c1-2-3-11-22-16-6-4-5-14(12-16)13-19-23(20,21)17-9-7-15(18)8-10-17/h4-10,12,19H,2-3,11,13,18H2,1H3. The van der Waals surface area contributed by atoms with Crippen LogP contribution in [0.25, 0.3) is 0 Å². The van der Waals surface area contributed by atoms with E-state index in [2.05, 4.69) is 11.6 Å². The molecule has 0 heterocycles. The van der Waals surface area contributed by atoms with Gasteiger partial charge < -0.3 is 10.5 Å². The second-order valence-corrected chi connectivity index (χ2v) is 7.01. The molecule has 0 amide bonds. The fourth-order valence-corrected chi connectivity index (χ4v) is 3.01. The lowest BCUT2D eigenvalue weighted by atomic mass is 10.2. The van der Waals surface area contributed by atoms with Gasteiger partial charge in [0.15, 0.2) is 0 Å². The molecule has 0 fully saturated rings. The highest BCUT2D eigenvalue weighted by Crippen LogP contribution is 2.16. The second kappa shape index (κ2) is 7.99. The Morgan fingerprint density at radius 3 is 2.57 bits per heavy atom. The van der Waals surface area contributed by atoms with Crippen LogP contribution in [-0.4, -0.2) is 15.0 Å². The molecule has 2 aromatic rings. The number of benzene rings is 2. The maximum atomic E-state index is 12.2. The monoisotopic (exact) mass is 334 g/mol. The number of rotatable bonds is 8. The predicted octanol–water partition coefficient (Wildman–Crippen LogP) is 2.93. The lowest BCUT2D eigenvalue weighted by Crippen LogP contribution is -2.23. The lowest BCUT2D eigenvalue weighted by molar-refractivity contribution is 0.309.